The first kappa shape index (κ1) is 21.8. The van der Waals surface area contributed by atoms with Gasteiger partial charge < -0.3 is 15.0 Å². The Labute approximate surface area is 192 Å². The third kappa shape index (κ3) is 5.09. The monoisotopic (exact) mass is 470 g/mol. The molecule has 11 heteroatoms. The van der Waals surface area contributed by atoms with Crippen molar-refractivity contribution in [1.29, 1.82) is 0 Å². The van der Waals surface area contributed by atoms with Crippen molar-refractivity contribution in [3.63, 3.8) is 0 Å². The van der Waals surface area contributed by atoms with Crippen LogP contribution in [0, 0.1) is 0 Å². The zero-order chi connectivity index (χ0) is 22.5. The predicted octanol–water partition coefficient (Wildman–Crippen LogP) is 3.10. The van der Waals surface area contributed by atoms with Gasteiger partial charge in [0.05, 0.1) is 25.2 Å². The maximum absolute atomic E-state index is 12.4. The van der Waals surface area contributed by atoms with Crippen molar-refractivity contribution >= 4 is 46.1 Å². The Morgan fingerprint density at radius 1 is 1.22 bits per heavy atom. The number of halogens is 1. The van der Waals surface area contributed by atoms with E-state index in [1.54, 1.807) is 37.4 Å². The number of carbonyl (C=O) groups is 1. The van der Waals surface area contributed by atoms with E-state index in [-0.39, 0.29) is 22.7 Å². The van der Waals surface area contributed by atoms with Gasteiger partial charge in [-0.2, -0.15) is 0 Å². The van der Waals surface area contributed by atoms with Crippen molar-refractivity contribution in [2.75, 3.05) is 18.2 Å². The number of H-pyrrole nitrogens is 1. The van der Waals surface area contributed by atoms with Crippen LogP contribution in [0.3, 0.4) is 0 Å². The first-order valence-corrected chi connectivity index (χ1v) is 11.1. The van der Waals surface area contributed by atoms with Gasteiger partial charge in [-0.3, -0.25) is 9.59 Å². The summed E-state index contributed by atoms with van der Waals surface area (Å²) < 4.78 is 6.64. The van der Waals surface area contributed by atoms with Crippen LogP contribution in [0.25, 0.3) is 11.2 Å². The molecular formula is C21H19ClN6O3S. The molecule has 4 rings (SSSR count). The minimum Gasteiger partial charge on any atom is -0.497 e. The Morgan fingerprint density at radius 3 is 2.75 bits per heavy atom. The molecule has 0 radical (unpaired) electrons. The predicted molar refractivity (Wildman–Crippen MR) is 124 cm³/mol. The molecule has 2 N–H and O–H groups in total. The summed E-state index contributed by atoms with van der Waals surface area (Å²) in [6, 6.07) is 14.5. The molecule has 0 fully saturated rings. The van der Waals surface area contributed by atoms with Crippen LogP contribution in [-0.4, -0.2) is 43.7 Å². The Hall–Kier alpha value is -3.37. The number of nitrogens with zero attached hydrogens (tertiary/aromatic N) is 4. The van der Waals surface area contributed by atoms with Gasteiger partial charge in [0, 0.05) is 10.7 Å². The molecule has 2 aromatic carbocycles. The maximum Gasteiger partial charge on any atom is 0.281 e. The van der Waals surface area contributed by atoms with Crippen LogP contribution in [0.2, 0.25) is 5.02 Å². The van der Waals surface area contributed by atoms with Crippen molar-refractivity contribution < 1.29 is 9.53 Å². The summed E-state index contributed by atoms with van der Waals surface area (Å²) in [5.74, 6) is 1.54. The quantitative estimate of drug-likeness (QED) is 0.406. The van der Waals surface area contributed by atoms with E-state index in [0.717, 1.165) is 5.56 Å². The molecule has 0 atom stereocenters. The van der Waals surface area contributed by atoms with Gasteiger partial charge in [-0.1, -0.05) is 35.0 Å². The number of carbonyl (C=O) groups excluding carboxylic acids is 1. The number of aromatic amines is 1. The number of fused-ring (bicyclic) bond motifs is 1. The number of aromatic nitrogens is 5. The molecule has 0 aliphatic carbocycles. The topological polar surface area (TPSA) is 115 Å². The number of ether oxygens (including phenoxy) is 1. The van der Waals surface area contributed by atoms with E-state index in [9.17, 15) is 9.59 Å². The maximum atomic E-state index is 12.4. The molecule has 0 aliphatic heterocycles. The highest BCUT2D eigenvalue weighted by molar-refractivity contribution is 7.99. The highest BCUT2D eigenvalue weighted by Crippen LogP contribution is 2.18. The minimum absolute atomic E-state index is 0.156. The Balaban J connectivity index is 1.41. The molecule has 0 saturated heterocycles. The number of rotatable bonds is 8. The van der Waals surface area contributed by atoms with Crippen LogP contribution in [0.5, 0.6) is 5.75 Å². The number of methoxy groups -OCH3 is 1. The smallest absolute Gasteiger partial charge is 0.281 e. The molecule has 32 heavy (non-hydrogen) atoms. The standard InChI is InChI=1S/C21H19ClN6O3S/c1-31-15-8-6-14(7-9-15)23-18(29)12-32-11-17-24-20-19(21(30)25-17)26-27-28(20)10-13-4-2-3-5-16(13)22/h2-9H,10-12H2,1H3,(H,23,29)(H,24,25,30). The third-order valence-electron chi connectivity index (χ3n) is 4.55. The summed E-state index contributed by atoms with van der Waals surface area (Å²) in [7, 11) is 1.58. The summed E-state index contributed by atoms with van der Waals surface area (Å²) in [4.78, 5) is 31.8. The second kappa shape index (κ2) is 9.84. The van der Waals surface area contributed by atoms with Gasteiger partial charge >= 0.3 is 0 Å². The van der Waals surface area contributed by atoms with E-state index < -0.39 is 0 Å². The highest BCUT2D eigenvalue weighted by atomic mass is 35.5. The van der Waals surface area contributed by atoms with Gasteiger partial charge in [0.1, 0.15) is 11.6 Å². The molecule has 1 amide bonds. The fourth-order valence-corrected chi connectivity index (χ4v) is 3.87. The Bertz CT molecular complexity index is 1310. The number of nitrogens with one attached hydrogen (secondary N) is 2. The number of hydrogen-bond acceptors (Lipinski definition) is 7. The Morgan fingerprint density at radius 2 is 2.00 bits per heavy atom. The van der Waals surface area contributed by atoms with Crippen LogP contribution in [0.4, 0.5) is 5.69 Å². The molecule has 2 heterocycles. The molecular weight excluding hydrogens is 452 g/mol. The van der Waals surface area contributed by atoms with Crippen molar-refractivity contribution in [3.8, 4) is 5.75 Å². The van der Waals surface area contributed by atoms with Gasteiger partial charge in [0.2, 0.25) is 5.91 Å². The van der Waals surface area contributed by atoms with Crippen LogP contribution in [0.1, 0.15) is 11.4 Å². The van der Waals surface area contributed by atoms with Gasteiger partial charge in [0.25, 0.3) is 5.56 Å². The molecule has 0 spiro atoms. The normalized spacial score (nSPS) is 10.9. The largest absolute Gasteiger partial charge is 0.497 e. The average Bonchev–Trinajstić information content (AvgIpc) is 3.19. The molecule has 2 aromatic heterocycles. The summed E-state index contributed by atoms with van der Waals surface area (Å²) in [6.07, 6.45) is 0. The van der Waals surface area contributed by atoms with Crippen molar-refractivity contribution in [2.45, 2.75) is 12.3 Å². The fourth-order valence-electron chi connectivity index (χ4n) is 2.99. The zero-order valence-electron chi connectivity index (χ0n) is 17.0. The van der Waals surface area contributed by atoms with Crippen LogP contribution in [0.15, 0.2) is 53.3 Å². The van der Waals surface area contributed by atoms with Gasteiger partial charge in [0.15, 0.2) is 11.2 Å². The molecule has 0 bridgehead atoms. The summed E-state index contributed by atoms with van der Waals surface area (Å²) in [5.41, 5.74) is 1.67. The molecule has 0 unspecified atom stereocenters. The van der Waals surface area contributed by atoms with E-state index >= 15 is 0 Å². The number of thioether (sulfide) groups is 1. The lowest BCUT2D eigenvalue weighted by Gasteiger charge is -2.07. The number of benzene rings is 2. The molecule has 164 valence electrons. The lowest BCUT2D eigenvalue weighted by molar-refractivity contribution is -0.113. The highest BCUT2D eigenvalue weighted by Gasteiger charge is 2.14. The molecule has 9 nitrogen and oxygen atoms in total. The van der Waals surface area contributed by atoms with Crippen LogP contribution >= 0.6 is 23.4 Å². The summed E-state index contributed by atoms with van der Waals surface area (Å²) in [6.45, 7) is 0.337. The molecule has 4 aromatic rings. The van der Waals surface area contributed by atoms with Crippen molar-refractivity contribution in [3.05, 3.63) is 75.3 Å². The van der Waals surface area contributed by atoms with Crippen molar-refractivity contribution in [1.82, 2.24) is 25.0 Å². The molecule has 0 aliphatic rings. The molecule has 0 saturated carbocycles. The lowest BCUT2D eigenvalue weighted by Crippen LogP contribution is -2.16. The van der Waals surface area contributed by atoms with E-state index in [4.69, 9.17) is 16.3 Å². The lowest BCUT2D eigenvalue weighted by atomic mass is 10.2. The van der Waals surface area contributed by atoms with Crippen molar-refractivity contribution in [2.24, 2.45) is 0 Å². The number of anilines is 1. The van der Waals surface area contributed by atoms with Crippen LogP contribution in [-0.2, 0) is 17.1 Å². The zero-order valence-corrected chi connectivity index (χ0v) is 18.6. The van der Waals surface area contributed by atoms with Gasteiger partial charge in [-0.25, -0.2) is 9.67 Å². The average molecular weight is 471 g/mol. The van der Waals surface area contributed by atoms with E-state index in [2.05, 4.69) is 25.6 Å². The van der Waals surface area contributed by atoms with Gasteiger partial charge in [-0.05, 0) is 35.9 Å². The van der Waals surface area contributed by atoms with Crippen LogP contribution < -0.4 is 15.6 Å². The Kier molecular flexibility index (Phi) is 6.72. The fraction of sp³-hybridized carbons (Fsp3) is 0.190. The van der Waals surface area contributed by atoms with Gasteiger partial charge in [-0.15, -0.1) is 16.9 Å². The second-order valence-electron chi connectivity index (χ2n) is 6.79. The van der Waals surface area contributed by atoms with E-state index in [1.165, 1.54) is 16.4 Å². The second-order valence-corrected chi connectivity index (χ2v) is 8.19. The summed E-state index contributed by atoms with van der Waals surface area (Å²) in [5, 5.41) is 11.4. The number of amides is 1. The summed E-state index contributed by atoms with van der Waals surface area (Å²) >= 11 is 7.56. The SMILES string of the molecule is COc1ccc(NC(=O)CSCc2nc3c(nnn3Cc3ccccc3Cl)c(=O)[nH]2)cc1. The third-order valence-corrected chi connectivity index (χ3v) is 5.86. The minimum atomic E-state index is -0.376. The number of hydrogen-bond donors (Lipinski definition) is 2. The first-order valence-electron chi connectivity index (χ1n) is 9.61. The van der Waals surface area contributed by atoms with E-state index in [0.29, 0.717) is 40.2 Å². The first-order chi connectivity index (χ1) is 15.5. The van der Waals surface area contributed by atoms with E-state index in [1.807, 2.05) is 18.2 Å².